The number of hydrogen-bond donors (Lipinski definition) is 1. The number of carbonyl (C=O) groups is 1. The van der Waals surface area contributed by atoms with Crippen molar-refractivity contribution < 1.29 is 13.9 Å². The molecule has 0 saturated carbocycles. The maximum atomic E-state index is 12.8. The molecule has 1 aliphatic rings. The van der Waals surface area contributed by atoms with Crippen molar-refractivity contribution in [2.24, 2.45) is 0 Å². The number of halogens is 1. The van der Waals surface area contributed by atoms with Gasteiger partial charge in [-0.3, -0.25) is 0 Å². The lowest BCUT2D eigenvalue weighted by Crippen LogP contribution is -2.34. The highest BCUT2D eigenvalue weighted by molar-refractivity contribution is 5.89. The van der Waals surface area contributed by atoms with Crippen molar-refractivity contribution in [2.75, 3.05) is 18.4 Å². The predicted octanol–water partition coefficient (Wildman–Crippen LogP) is 2.61. The third kappa shape index (κ3) is 3.94. The molecule has 1 aromatic carbocycles. The molecule has 1 fully saturated rings. The number of nitrogens with zero attached hydrogens (tertiary/aromatic N) is 3. The molecule has 0 radical (unpaired) electrons. The first kappa shape index (κ1) is 15.2. The summed E-state index contributed by atoms with van der Waals surface area (Å²) in [6.45, 7) is 3.02. The van der Waals surface area contributed by atoms with Gasteiger partial charge in [-0.25, -0.2) is 19.2 Å². The van der Waals surface area contributed by atoms with Crippen LogP contribution in [0.1, 0.15) is 12.0 Å². The number of ether oxygens (including phenoxy) is 1. The molecule has 1 atom stereocenters. The third-order valence-electron chi connectivity index (χ3n) is 3.60. The normalized spacial score (nSPS) is 17.1. The smallest absolute Gasteiger partial charge is 0.321 e. The molecular formula is C16H17FN4O2. The Morgan fingerprint density at radius 2 is 2.00 bits per heavy atom. The average molecular weight is 316 g/mol. The van der Waals surface area contributed by atoms with Crippen LogP contribution in [0.4, 0.5) is 14.9 Å². The van der Waals surface area contributed by atoms with E-state index in [0.717, 1.165) is 23.6 Å². The second-order valence-electron chi connectivity index (χ2n) is 5.45. The van der Waals surface area contributed by atoms with Gasteiger partial charge in [0.15, 0.2) is 5.82 Å². The highest BCUT2D eigenvalue weighted by atomic mass is 19.1. The second kappa shape index (κ2) is 6.60. The molecule has 1 saturated heterocycles. The zero-order valence-electron chi connectivity index (χ0n) is 12.7. The first-order chi connectivity index (χ1) is 11.1. The van der Waals surface area contributed by atoms with Gasteiger partial charge in [0.05, 0.1) is 18.9 Å². The van der Waals surface area contributed by atoms with E-state index < -0.39 is 5.82 Å². The Kier molecular flexibility index (Phi) is 4.36. The number of carbonyl (C=O) groups excluding carboxylic acids is 1. The molecule has 1 aromatic heterocycles. The number of nitrogens with one attached hydrogen (secondary N) is 1. The topological polar surface area (TPSA) is 67.4 Å². The van der Waals surface area contributed by atoms with Crippen molar-refractivity contribution in [2.45, 2.75) is 19.4 Å². The number of urea groups is 1. The second-order valence-corrected chi connectivity index (χ2v) is 5.45. The lowest BCUT2D eigenvalue weighted by Gasteiger charge is -2.17. The highest BCUT2D eigenvalue weighted by Gasteiger charge is 2.28. The van der Waals surface area contributed by atoms with E-state index in [4.69, 9.17) is 4.74 Å². The molecule has 0 spiro atoms. The van der Waals surface area contributed by atoms with Gasteiger partial charge in [0, 0.05) is 18.7 Å². The zero-order valence-corrected chi connectivity index (χ0v) is 12.7. The van der Waals surface area contributed by atoms with Crippen molar-refractivity contribution >= 4 is 11.7 Å². The molecule has 23 heavy (non-hydrogen) atoms. The summed E-state index contributed by atoms with van der Waals surface area (Å²) in [6, 6.07) is 7.57. The van der Waals surface area contributed by atoms with Gasteiger partial charge in [-0.2, -0.15) is 0 Å². The van der Waals surface area contributed by atoms with Gasteiger partial charge in [0.1, 0.15) is 6.10 Å². The molecule has 3 rings (SSSR count). The Morgan fingerprint density at radius 1 is 1.30 bits per heavy atom. The number of likely N-dealkylation sites (tertiary alicyclic amines) is 1. The zero-order chi connectivity index (χ0) is 16.2. The van der Waals surface area contributed by atoms with E-state index in [9.17, 15) is 9.18 Å². The molecule has 2 aromatic rings. The average Bonchev–Trinajstić information content (AvgIpc) is 3.00. The number of aryl methyl sites for hydroxylation is 1. The summed E-state index contributed by atoms with van der Waals surface area (Å²) in [5.74, 6) is -0.511. The Bertz CT molecular complexity index is 675. The standard InChI is InChI=1S/C16H17FN4O2/c1-11-2-4-13(5-3-11)20-16(22)21-7-6-14(10-21)23-15-18-8-12(17)9-19-15/h2-5,8-9,14H,6-7,10H2,1H3,(H,20,22). The minimum atomic E-state index is -0.511. The largest absolute Gasteiger partial charge is 0.458 e. The molecule has 1 unspecified atom stereocenters. The first-order valence-corrected chi connectivity index (χ1v) is 7.37. The summed E-state index contributed by atoms with van der Waals surface area (Å²) in [7, 11) is 0. The van der Waals surface area contributed by atoms with E-state index in [-0.39, 0.29) is 18.1 Å². The maximum absolute atomic E-state index is 12.8. The van der Waals surface area contributed by atoms with Crippen LogP contribution in [0.3, 0.4) is 0 Å². The Hall–Kier alpha value is -2.70. The van der Waals surface area contributed by atoms with Crippen molar-refractivity contribution in [1.29, 1.82) is 0 Å². The highest BCUT2D eigenvalue weighted by Crippen LogP contribution is 2.17. The predicted molar refractivity (Wildman–Crippen MR) is 82.8 cm³/mol. The van der Waals surface area contributed by atoms with Crippen molar-refractivity contribution in [3.63, 3.8) is 0 Å². The van der Waals surface area contributed by atoms with Crippen LogP contribution in [0, 0.1) is 12.7 Å². The first-order valence-electron chi connectivity index (χ1n) is 7.37. The van der Waals surface area contributed by atoms with Gasteiger partial charge in [-0.05, 0) is 19.1 Å². The fraction of sp³-hybridized carbons (Fsp3) is 0.312. The monoisotopic (exact) mass is 316 g/mol. The Labute approximate surface area is 133 Å². The molecule has 2 heterocycles. The number of hydrogen-bond acceptors (Lipinski definition) is 4. The van der Waals surface area contributed by atoms with E-state index in [0.29, 0.717) is 19.5 Å². The fourth-order valence-corrected chi connectivity index (χ4v) is 2.36. The molecule has 0 bridgehead atoms. The summed E-state index contributed by atoms with van der Waals surface area (Å²) in [6.07, 6.45) is 2.60. The van der Waals surface area contributed by atoms with Gasteiger partial charge >= 0.3 is 12.0 Å². The summed E-state index contributed by atoms with van der Waals surface area (Å²) in [5.41, 5.74) is 1.89. The van der Waals surface area contributed by atoms with Crippen LogP contribution in [-0.2, 0) is 0 Å². The molecule has 2 amide bonds. The quantitative estimate of drug-likeness (QED) is 0.945. The lowest BCUT2D eigenvalue weighted by molar-refractivity contribution is 0.183. The van der Waals surface area contributed by atoms with E-state index in [2.05, 4.69) is 15.3 Å². The summed E-state index contributed by atoms with van der Waals surface area (Å²) in [4.78, 5) is 21.4. The minimum Gasteiger partial charge on any atom is -0.458 e. The van der Waals surface area contributed by atoms with Crippen LogP contribution in [0.15, 0.2) is 36.7 Å². The number of aromatic nitrogens is 2. The molecule has 120 valence electrons. The van der Waals surface area contributed by atoms with E-state index in [1.807, 2.05) is 31.2 Å². The van der Waals surface area contributed by atoms with Crippen LogP contribution in [0.5, 0.6) is 6.01 Å². The minimum absolute atomic E-state index is 0.122. The van der Waals surface area contributed by atoms with Crippen molar-refractivity contribution in [3.8, 4) is 6.01 Å². The van der Waals surface area contributed by atoms with Crippen molar-refractivity contribution in [3.05, 3.63) is 48.0 Å². The van der Waals surface area contributed by atoms with Gasteiger partial charge in [0.2, 0.25) is 0 Å². The number of anilines is 1. The SMILES string of the molecule is Cc1ccc(NC(=O)N2CCC(Oc3ncc(F)cn3)C2)cc1. The van der Waals surface area contributed by atoms with Gasteiger partial charge < -0.3 is 15.0 Å². The maximum Gasteiger partial charge on any atom is 0.321 e. The van der Waals surface area contributed by atoms with Crippen molar-refractivity contribution in [1.82, 2.24) is 14.9 Å². The molecule has 1 aliphatic heterocycles. The number of amides is 2. The van der Waals surface area contributed by atoms with Crippen LogP contribution < -0.4 is 10.1 Å². The van der Waals surface area contributed by atoms with Gasteiger partial charge in [0.25, 0.3) is 0 Å². The van der Waals surface area contributed by atoms with Crippen LogP contribution in [0.25, 0.3) is 0 Å². The Morgan fingerprint density at radius 3 is 2.70 bits per heavy atom. The van der Waals surface area contributed by atoms with Crippen LogP contribution >= 0.6 is 0 Å². The van der Waals surface area contributed by atoms with Gasteiger partial charge in [-0.15, -0.1) is 0 Å². The Balaban J connectivity index is 1.53. The number of rotatable bonds is 3. The fourth-order valence-electron chi connectivity index (χ4n) is 2.36. The molecular weight excluding hydrogens is 299 g/mol. The summed E-state index contributed by atoms with van der Waals surface area (Å²) >= 11 is 0. The molecule has 0 aliphatic carbocycles. The van der Waals surface area contributed by atoms with E-state index >= 15 is 0 Å². The summed E-state index contributed by atoms with van der Waals surface area (Å²) in [5, 5.41) is 2.85. The van der Waals surface area contributed by atoms with E-state index in [1.165, 1.54) is 0 Å². The summed E-state index contributed by atoms with van der Waals surface area (Å²) < 4.78 is 18.3. The third-order valence-corrected chi connectivity index (χ3v) is 3.60. The molecule has 6 nitrogen and oxygen atoms in total. The van der Waals surface area contributed by atoms with E-state index in [1.54, 1.807) is 4.90 Å². The van der Waals surface area contributed by atoms with Crippen LogP contribution in [-0.4, -0.2) is 40.1 Å². The van der Waals surface area contributed by atoms with Gasteiger partial charge in [-0.1, -0.05) is 17.7 Å². The molecule has 1 N–H and O–H groups in total. The lowest BCUT2D eigenvalue weighted by atomic mass is 10.2. The number of benzene rings is 1. The molecule has 7 heteroatoms. The van der Waals surface area contributed by atoms with Crippen LogP contribution in [0.2, 0.25) is 0 Å².